The van der Waals surface area contributed by atoms with E-state index in [2.05, 4.69) is 0 Å². The van der Waals surface area contributed by atoms with E-state index in [4.69, 9.17) is 5.11 Å². The number of hydrogen-bond donors (Lipinski definition) is 1. The number of amides is 1. The minimum Gasteiger partial charge on any atom is -0.478 e. The minimum absolute atomic E-state index is 0.0226. The summed E-state index contributed by atoms with van der Waals surface area (Å²) in [7, 11) is 0. The molecule has 0 aliphatic heterocycles. The maximum Gasteiger partial charge on any atom is 0.328 e. The molecule has 20 heavy (non-hydrogen) atoms. The fourth-order valence-corrected chi connectivity index (χ4v) is 2.04. The largest absolute Gasteiger partial charge is 0.478 e. The molecule has 0 unspecified atom stereocenters. The van der Waals surface area contributed by atoms with E-state index in [0.717, 1.165) is 11.6 Å². The molecule has 0 fully saturated rings. The molecule has 0 aliphatic rings. The average Bonchev–Trinajstić information content (AvgIpc) is 2.37. The van der Waals surface area contributed by atoms with Crippen molar-refractivity contribution in [3.63, 3.8) is 0 Å². The molecule has 0 aromatic heterocycles. The lowest BCUT2D eigenvalue weighted by Gasteiger charge is -2.26. The molecule has 0 spiro atoms. The molecule has 1 rings (SSSR count). The molecule has 0 atom stereocenters. The van der Waals surface area contributed by atoms with Crippen LogP contribution in [0.15, 0.2) is 24.3 Å². The van der Waals surface area contributed by atoms with E-state index < -0.39 is 5.97 Å². The molecule has 1 amide bonds. The highest BCUT2D eigenvalue weighted by atomic mass is 16.4. The molecule has 0 saturated carbocycles. The number of rotatable bonds is 5. The van der Waals surface area contributed by atoms with Gasteiger partial charge in [-0.3, -0.25) is 4.79 Å². The van der Waals surface area contributed by atoms with E-state index in [1.807, 2.05) is 33.8 Å². The SMILES string of the molecule is CCN(C(=O)c1cc(C=CC(=O)O)ccc1C)C(C)C. The predicted octanol–water partition coefficient (Wildman–Crippen LogP) is 2.96. The first kappa shape index (κ1) is 16.0. The second kappa shape index (κ2) is 6.89. The summed E-state index contributed by atoms with van der Waals surface area (Å²) >= 11 is 0. The zero-order valence-electron chi connectivity index (χ0n) is 12.4. The molecule has 0 radical (unpaired) electrons. The van der Waals surface area contributed by atoms with Gasteiger partial charge in [-0.15, -0.1) is 0 Å². The fourth-order valence-electron chi connectivity index (χ4n) is 2.04. The summed E-state index contributed by atoms with van der Waals surface area (Å²) in [5.74, 6) is -1.03. The Kier molecular flexibility index (Phi) is 5.50. The molecule has 0 saturated heterocycles. The Balaban J connectivity index is 3.14. The number of nitrogens with zero attached hydrogens (tertiary/aromatic N) is 1. The van der Waals surface area contributed by atoms with E-state index in [1.54, 1.807) is 17.0 Å². The molecule has 108 valence electrons. The van der Waals surface area contributed by atoms with E-state index >= 15 is 0 Å². The zero-order valence-corrected chi connectivity index (χ0v) is 12.4. The van der Waals surface area contributed by atoms with Crippen molar-refractivity contribution in [2.75, 3.05) is 6.54 Å². The van der Waals surface area contributed by atoms with Gasteiger partial charge in [-0.05, 0) is 51.0 Å². The lowest BCUT2D eigenvalue weighted by Crippen LogP contribution is -2.37. The van der Waals surface area contributed by atoms with Crippen molar-refractivity contribution in [3.8, 4) is 0 Å². The predicted molar refractivity (Wildman–Crippen MR) is 79.7 cm³/mol. The summed E-state index contributed by atoms with van der Waals surface area (Å²) in [5.41, 5.74) is 2.22. The molecule has 4 heteroatoms. The van der Waals surface area contributed by atoms with Crippen molar-refractivity contribution in [1.29, 1.82) is 0 Å². The molecule has 0 aliphatic carbocycles. The van der Waals surface area contributed by atoms with E-state index in [9.17, 15) is 9.59 Å². The van der Waals surface area contributed by atoms with Crippen molar-refractivity contribution in [2.45, 2.75) is 33.7 Å². The summed E-state index contributed by atoms with van der Waals surface area (Å²) in [6.07, 6.45) is 2.56. The van der Waals surface area contributed by atoms with E-state index in [1.165, 1.54) is 6.08 Å². The Bertz CT molecular complexity index is 533. The Morgan fingerprint density at radius 3 is 2.50 bits per heavy atom. The topological polar surface area (TPSA) is 57.6 Å². The highest BCUT2D eigenvalue weighted by molar-refractivity contribution is 5.96. The molecule has 1 aromatic carbocycles. The van der Waals surface area contributed by atoms with Crippen molar-refractivity contribution in [3.05, 3.63) is 41.0 Å². The maximum atomic E-state index is 12.5. The van der Waals surface area contributed by atoms with Crippen LogP contribution < -0.4 is 0 Å². The van der Waals surface area contributed by atoms with Gasteiger partial charge in [0.2, 0.25) is 0 Å². The van der Waals surface area contributed by atoms with Crippen LogP contribution in [0.4, 0.5) is 0 Å². The fraction of sp³-hybridized carbons (Fsp3) is 0.375. The molecular weight excluding hydrogens is 254 g/mol. The molecular formula is C16H21NO3. The quantitative estimate of drug-likeness (QED) is 0.840. The van der Waals surface area contributed by atoms with Crippen molar-refractivity contribution in [1.82, 2.24) is 4.90 Å². The summed E-state index contributed by atoms with van der Waals surface area (Å²) in [6.45, 7) is 8.43. The molecule has 1 N–H and O–H groups in total. The number of carbonyl (C=O) groups is 2. The van der Waals surface area contributed by atoms with Gasteiger partial charge in [0.1, 0.15) is 0 Å². The van der Waals surface area contributed by atoms with Crippen LogP contribution in [0.1, 0.15) is 42.3 Å². The first-order chi connectivity index (χ1) is 9.36. The highest BCUT2D eigenvalue weighted by Crippen LogP contribution is 2.16. The normalized spacial score (nSPS) is 11.1. The zero-order chi connectivity index (χ0) is 15.3. The Labute approximate surface area is 119 Å². The van der Waals surface area contributed by atoms with Crippen LogP contribution in [0.3, 0.4) is 0 Å². The van der Waals surface area contributed by atoms with Crippen LogP contribution in [0.5, 0.6) is 0 Å². The number of aryl methyl sites for hydroxylation is 1. The van der Waals surface area contributed by atoms with Gasteiger partial charge in [0, 0.05) is 24.2 Å². The van der Waals surface area contributed by atoms with Crippen LogP contribution in [0.2, 0.25) is 0 Å². The van der Waals surface area contributed by atoms with Crippen LogP contribution >= 0.6 is 0 Å². The number of carboxylic acid groups (broad SMARTS) is 1. The van der Waals surface area contributed by atoms with Crippen LogP contribution in [0, 0.1) is 6.92 Å². The first-order valence-corrected chi connectivity index (χ1v) is 6.69. The summed E-state index contributed by atoms with van der Waals surface area (Å²) in [5, 5.41) is 8.64. The summed E-state index contributed by atoms with van der Waals surface area (Å²) in [4.78, 5) is 24.8. The third-order valence-corrected chi connectivity index (χ3v) is 3.14. The van der Waals surface area contributed by atoms with Crippen LogP contribution in [-0.4, -0.2) is 34.5 Å². The maximum absolute atomic E-state index is 12.5. The van der Waals surface area contributed by atoms with Gasteiger partial charge in [-0.1, -0.05) is 12.1 Å². The third-order valence-electron chi connectivity index (χ3n) is 3.14. The van der Waals surface area contributed by atoms with Gasteiger partial charge in [0.05, 0.1) is 0 Å². The summed E-state index contributed by atoms with van der Waals surface area (Å²) in [6, 6.07) is 5.51. The van der Waals surface area contributed by atoms with Gasteiger partial charge < -0.3 is 10.0 Å². The van der Waals surface area contributed by atoms with Crippen LogP contribution in [0.25, 0.3) is 6.08 Å². The van der Waals surface area contributed by atoms with E-state index in [-0.39, 0.29) is 11.9 Å². The Hall–Kier alpha value is -2.10. The number of benzene rings is 1. The second-order valence-corrected chi connectivity index (χ2v) is 4.93. The molecule has 0 heterocycles. The van der Waals surface area contributed by atoms with Gasteiger partial charge in [-0.25, -0.2) is 4.79 Å². The smallest absolute Gasteiger partial charge is 0.328 e. The molecule has 0 bridgehead atoms. The van der Waals surface area contributed by atoms with Crippen molar-refractivity contribution >= 4 is 18.0 Å². The average molecular weight is 275 g/mol. The lowest BCUT2D eigenvalue weighted by molar-refractivity contribution is -0.131. The van der Waals surface area contributed by atoms with Crippen molar-refractivity contribution in [2.24, 2.45) is 0 Å². The standard InChI is InChI=1S/C16H21NO3/c1-5-17(11(2)3)16(20)14-10-13(7-6-12(14)4)8-9-15(18)19/h6-11H,5H2,1-4H3,(H,18,19). The monoisotopic (exact) mass is 275 g/mol. The first-order valence-electron chi connectivity index (χ1n) is 6.69. The van der Waals surface area contributed by atoms with Crippen molar-refractivity contribution < 1.29 is 14.7 Å². The van der Waals surface area contributed by atoms with Gasteiger partial charge in [0.15, 0.2) is 0 Å². The van der Waals surface area contributed by atoms with Gasteiger partial charge in [0.25, 0.3) is 5.91 Å². The van der Waals surface area contributed by atoms with Crippen LogP contribution in [-0.2, 0) is 4.79 Å². The second-order valence-electron chi connectivity index (χ2n) is 4.93. The summed E-state index contributed by atoms with van der Waals surface area (Å²) < 4.78 is 0. The highest BCUT2D eigenvalue weighted by Gasteiger charge is 2.18. The molecule has 1 aromatic rings. The number of hydrogen-bond acceptors (Lipinski definition) is 2. The molecule has 4 nitrogen and oxygen atoms in total. The van der Waals surface area contributed by atoms with Gasteiger partial charge >= 0.3 is 5.97 Å². The van der Waals surface area contributed by atoms with E-state index in [0.29, 0.717) is 17.7 Å². The Morgan fingerprint density at radius 1 is 1.35 bits per heavy atom. The lowest BCUT2D eigenvalue weighted by atomic mass is 10.0. The minimum atomic E-state index is -1.00. The number of aliphatic carboxylic acids is 1. The third kappa shape index (κ3) is 3.95. The number of carboxylic acids is 1. The van der Waals surface area contributed by atoms with Gasteiger partial charge in [-0.2, -0.15) is 0 Å². The Morgan fingerprint density at radius 2 is 2.00 bits per heavy atom. The number of carbonyl (C=O) groups excluding carboxylic acids is 1.